The highest BCUT2D eigenvalue weighted by atomic mass is 16.5. The van der Waals surface area contributed by atoms with Crippen molar-refractivity contribution in [1.82, 2.24) is 4.90 Å². The summed E-state index contributed by atoms with van der Waals surface area (Å²) in [4.78, 5) is 12.7. The first-order valence-corrected chi connectivity index (χ1v) is 7.73. The third-order valence-electron chi connectivity index (χ3n) is 3.42. The molecule has 4 heteroatoms. The predicted octanol–water partition coefficient (Wildman–Crippen LogP) is 4.99. The summed E-state index contributed by atoms with van der Waals surface area (Å²) in [5.41, 5.74) is 3.48. The van der Waals surface area contributed by atoms with Crippen molar-refractivity contribution in [1.29, 1.82) is 0 Å². The summed E-state index contributed by atoms with van der Waals surface area (Å²) in [6, 6.07) is 0. The third-order valence-corrected chi connectivity index (χ3v) is 3.42. The molecule has 0 fully saturated rings. The van der Waals surface area contributed by atoms with Crippen LogP contribution in [0.15, 0.2) is 34.6 Å². The highest BCUT2D eigenvalue weighted by Crippen LogP contribution is 2.13. The van der Waals surface area contributed by atoms with Gasteiger partial charge in [0, 0.05) is 20.0 Å². The van der Waals surface area contributed by atoms with E-state index >= 15 is 0 Å². The molecule has 0 heterocycles. The molecule has 0 radical (unpaired) electrons. The van der Waals surface area contributed by atoms with Crippen molar-refractivity contribution in [3.8, 4) is 0 Å². The second-order valence-electron chi connectivity index (χ2n) is 5.96. The van der Waals surface area contributed by atoms with Crippen LogP contribution in [0.25, 0.3) is 0 Å². The lowest BCUT2D eigenvalue weighted by molar-refractivity contribution is 0.136. The van der Waals surface area contributed by atoms with Gasteiger partial charge in [0.2, 0.25) is 0 Å². The van der Waals surface area contributed by atoms with Gasteiger partial charge >= 0.3 is 6.09 Å². The summed E-state index contributed by atoms with van der Waals surface area (Å²) >= 11 is 0. The lowest BCUT2D eigenvalue weighted by atomic mass is 10.1. The molecule has 126 valence electrons. The fourth-order valence-electron chi connectivity index (χ4n) is 2.03. The zero-order chi connectivity index (χ0) is 17.1. The number of likely N-dealkylation sites (N-methyl/N-ethyl adjacent to an activating group) is 1. The van der Waals surface area contributed by atoms with Crippen LogP contribution in [0.4, 0.5) is 4.79 Å². The summed E-state index contributed by atoms with van der Waals surface area (Å²) in [5.74, 6) is 0.351. The van der Waals surface area contributed by atoms with Gasteiger partial charge in [-0.2, -0.15) is 0 Å². The van der Waals surface area contributed by atoms with E-state index < -0.39 is 6.09 Å². The summed E-state index contributed by atoms with van der Waals surface area (Å²) in [7, 11) is 3.00. The molecule has 4 nitrogen and oxygen atoms in total. The average molecular weight is 309 g/mol. The summed E-state index contributed by atoms with van der Waals surface area (Å²) in [6.07, 6.45) is 7.54. The highest BCUT2D eigenvalue weighted by Gasteiger charge is 2.10. The van der Waals surface area contributed by atoms with Crippen molar-refractivity contribution < 1.29 is 14.6 Å². The lowest BCUT2D eigenvalue weighted by Gasteiger charge is -2.16. The van der Waals surface area contributed by atoms with Crippen LogP contribution in [0.3, 0.4) is 0 Å². The van der Waals surface area contributed by atoms with Gasteiger partial charge in [-0.3, -0.25) is 0 Å². The smallest absolute Gasteiger partial charge is 0.409 e. The molecule has 22 heavy (non-hydrogen) atoms. The maximum absolute atomic E-state index is 11.3. The van der Waals surface area contributed by atoms with E-state index in [1.165, 1.54) is 23.2 Å². The molecule has 0 spiro atoms. The minimum absolute atomic E-state index is 0.351. The van der Waals surface area contributed by atoms with Gasteiger partial charge in [0.05, 0.1) is 12.9 Å². The molecule has 0 atom stereocenters. The van der Waals surface area contributed by atoms with E-state index in [1.54, 1.807) is 7.05 Å². The zero-order valence-corrected chi connectivity index (χ0v) is 14.9. The first-order chi connectivity index (χ1) is 10.3. The first-order valence-electron chi connectivity index (χ1n) is 7.73. The Bertz CT molecular complexity index is 443. The van der Waals surface area contributed by atoms with Gasteiger partial charge in [0.15, 0.2) is 0 Å². The number of hydrogen-bond acceptors (Lipinski definition) is 3. The number of ether oxygens (including phenoxy) is 1. The molecule has 0 aliphatic rings. The molecule has 0 aromatic carbocycles. The Labute approximate surface area is 135 Å². The summed E-state index contributed by atoms with van der Waals surface area (Å²) in [5, 5.41) is 10.0. The van der Waals surface area contributed by atoms with Crippen molar-refractivity contribution in [2.75, 3.05) is 20.7 Å². The minimum Gasteiger partial charge on any atom is -0.512 e. The van der Waals surface area contributed by atoms with Crippen LogP contribution in [0, 0.1) is 0 Å². The Balaban J connectivity index is 4.29. The van der Waals surface area contributed by atoms with Gasteiger partial charge in [0.25, 0.3) is 0 Å². The van der Waals surface area contributed by atoms with E-state index in [9.17, 15) is 9.90 Å². The fraction of sp³-hybridized carbons (Fsp3) is 0.611. The normalized spacial score (nSPS) is 12.5. The number of carbonyl (C=O) groups is 1. The minimum atomic E-state index is -0.401. The average Bonchev–Trinajstić information content (AvgIpc) is 2.45. The molecule has 0 aliphatic heterocycles. The van der Waals surface area contributed by atoms with Crippen molar-refractivity contribution in [2.45, 2.75) is 53.4 Å². The van der Waals surface area contributed by atoms with Crippen molar-refractivity contribution in [3.05, 3.63) is 34.6 Å². The van der Waals surface area contributed by atoms with Gasteiger partial charge in [-0.15, -0.1) is 0 Å². The van der Waals surface area contributed by atoms with Crippen LogP contribution in [-0.2, 0) is 4.74 Å². The maximum atomic E-state index is 11.3. The molecule has 1 amide bonds. The van der Waals surface area contributed by atoms with Gasteiger partial charge in [-0.25, -0.2) is 4.79 Å². The summed E-state index contributed by atoms with van der Waals surface area (Å²) in [6.45, 7) is 8.55. The Kier molecular flexibility index (Phi) is 10.1. The van der Waals surface area contributed by atoms with E-state index in [4.69, 9.17) is 0 Å². The number of aliphatic hydroxyl groups is 1. The predicted molar refractivity (Wildman–Crippen MR) is 92.0 cm³/mol. The number of methoxy groups -OCH3 is 1. The third kappa shape index (κ3) is 9.27. The molecule has 0 bridgehead atoms. The molecule has 0 saturated carbocycles. The Hall–Kier alpha value is -1.71. The zero-order valence-electron chi connectivity index (χ0n) is 14.9. The second kappa shape index (κ2) is 10.9. The molecular formula is C18H31NO3. The van der Waals surface area contributed by atoms with Crippen LogP contribution >= 0.6 is 0 Å². The Morgan fingerprint density at radius 3 is 2.23 bits per heavy atom. The van der Waals surface area contributed by atoms with Gasteiger partial charge in [-0.1, -0.05) is 23.3 Å². The van der Waals surface area contributed by atoms with Crippen LogP contribution < -0.4 is 0 Å². The van der Waals surface area contributed by atoms with Crippen molar-refractivity contribution in [3.63, 3.8) is 0 Å². The summed E-state index contributed by atoms with van der Waals surface area (Å²) < 4.78 is 4.63. The second-order valence-corrected chi connectivity index (χ2v) is 5.96. The number of rotatable bonds is 8. The van der Waals surface area contributed by atoms with E-state index in [0.717, 1.165) is 24.8 Å². The van der Waals surface area contributed by atoms with Crippen LogP contribution in [0.5, 0.6) is 0 Å². The molecule has 0 aromatic heterocycles. The van der Waals surface area contributed by atoms with Gasteiger partial charge in [-0.05, 0) is 52.5 Å². The van der Waals surface area contributed by atoms with E-state index in [0.29, 0.717) is 18.7 Å². The quantitative estimate of drug-likeness (QED) is 0.507. The Morgan fingerprint density at radius 1 is 1.09 bits per heavy atom. The lowest BCUT2D eigenvalue weighted by Crippen LogP contribution is -2.28. The number of aliphatic hydroxyl groups excluding tert-OH is 1. The monoisotopic (exact) mass is 309 g/mol. The number of carbonyl (C=O) groups excluding carboxylic acids is 1. The number of hydrogen-bond donors (Lipinski definition) is 1. The fourth-order valence-corrected chi connectivity index (χ4v) is 2.03. The van der Waals surface area contributed by atoms with Crippen LogP contribution in [-0.4, -0.2) is 36.8 Å². The largest absolute Gasteiger partial charge is 0.512 e. The van der Waals surface area contributed by atoms with Gasteiger partial charge < -0.3 is 14.7 Å². The van der Waals surface area contributed by atoms with E-state index in [1.807, 2.05) is 6.92 Å². The first kappa shape index (κ1) is 20.3. The van der Waals surface area contributed by atoms with Crippen molar-refractivity contribution >= 4 is 6.09 Å². The molecule has 0 aliphatic carbocycles. The standard InChI is InChI=1S/C18H31NO3/c1-14(2)9-7-10-15(3)11-8-12-17(20)16(4)13-19(5)18(21)22-6/h9,11,20H,7-8,10,12-13H2,1-6H3/b15-11+,17-16-. The maximum Gasteiger partial charge on any atom is 0.409 e. The molecule has 0 unspecified atom stereocenters. The van der Waals surface area contributed by atoms with Crippen LogP contribution in [0.2, 0.25) is 0 Å². The van der Waals surface area contributed by atoms with Crippen LogP contribution in [0.1, 0.15) is 53.4 Å². The molecule has 0 saturated heterocycles. The van der Waals surface area contributed by atoms with E-state index in [-0.39, 0.29) is 0 Å². The van der Waals surface area contributed by atoms with Gasteiger partial charge in [0.1, 0.15) is 0 Å². The number of amides is 1. The number of nitrogens with zero attached hydrogens (tertiary/aromatic N) is 1. The molecule has 1 N–H and O–H groups in total. The topological polar surface area (TPSA) is 49.8 Å². The molecule has 0 aromatic rings. The Morgan fingerprint density at radius 2 is 1.68 bits per heavy atom. The SMILES string of the molecule is COC(=O)N(C)C/C(C)=C(\O)CC/C=C(\C)CCC=C(C)C. The highest BCUT2D eigenvalue weighted by molar-refractivity contribution is 5.67. The molecular weight excluding hydrogens is 278 g/mol. The molecule has 0 rings (SSSR count). The number of allylic oxidation sites excluding steroid dienone is 5. The van der Waals surface area contributed by atoms with Crippen molar-refractivity contribution in [2.24, 2.45) is 0 Å². The van der Waals surface area contributed by atoms with E-state index in [2.05, 4.69) is 37.7 Å².